The van der Waals surface area contributed by atoms with Gasteiger partial charge in [-0.1, -0.05) is 17.7 Å². The molecule has 0 aromatic heterocycles. The van der Waals surface area contributed by atoms with Crippen LogP contribution >= 0.6 is 11.6 Å². The number of amides is 2. The molecule has 0 saturated heterocycles. The Kier molecular flexibility index (Phi) is 7.90. The summed E-state index contributed by atoms with van der Waals surface area (Å²) in [4.78, 5) is 26.4. The van der Waals surface area contributed by atoms with E-state index < -0.39 is 60.0 Å². The van der Waals surface area contributed by atoms with Crippen molar-refractivity contribution < 1.29 is 40.7 Å². The zero-order chi connectivity index (χ0) is 25.8. The van der Waals surface area contributed by atoms with Crippen molar-refractivity contribution in [1.29, 1.82) is 0 Å². The number of anilines is 1. The quantitative estimate of drug-likeness (QED) is 0.396. The maximum absolute atomic E-state index is 14.2. The molecule has 0 aliphatic carbocycles. The summed E-state index contributed by atoms with van der Waals surface area (Å²) >= 11 is 5.67. The Hall–Kier alpha value is -3.73. The molecule has 0 heterocycles. The summed E-state index contributed by atoms with van der Waals surface area (Å²) in [6.45, 7) is -1.38. The van der Waals surface area contributed by atoms with E-state index in [0.29, 0.717) is 0 Å². The van der Waals surface area contributed by atoms with Crippen LogP contribution in [0.5, 0.6) is 5.75 Å². The normalized spacial score (nSPS) is 11.2. The van der Waals surface area contributed by atoms with E-state index in [1.807, 2.05) is 0 Å². The van der Waals surface area contributed by atoms with Gasteiger partial charge in [0.25, 0.3) is 5.91 Å². The lowest BCUT2D eigenvalue weighted by Gasteiger charge is -2.23. The van der Waals surface area contributed by atoms with Gasteiger partial charge in [0, 0.05) is 16.8 Å². The number of carbonyl (C=O) groups excluding carboxylic acids is 2. The minimum atomic E-state index is -4.94. The summed E-state index contributed by atoms with van der Waals surface area (Å²) in [5, 5.41) is 2.11. The molecule has 12 heteroatoms. The molecule has 0 radical (unpaired) electrons. The zero-order valence-corrected chi connectivity index (χ0v) is 18.3. The Balaban J connectivity index is 1.85. The zero-order valence-electron chi connectivity index (χ0n) is 17.5. The Labute approximate surface area is 199 Å². The van der Waals surface area contributed by atoms with Crippen LogP contribution in [-0.2, 0) is 11.3 Å². The molecule has 0 saturated carbocycles. The average Bonchev–Trinajstić information content (AvgIpc) is 2.77. The minimum absolute atomic E-state index is 0.0968. The topological polar surface area (TPSA) is 58.6 Å². The van der Waals surface area contributed by atoms with E-state index in [-0.39, 0.29) is 16.3 Å². The second kappa shape index (κ2) is 10.7. The maximum atomic E-state index is 14.2. The number of halogens is 7. The van der Waals surface area contributed by atoms with Gasteiger partial charge < -0.3 is 15.0 Å². The number of carbonyl (C=O) groups is 2. The molecule has 0 aliphatic rings. The largest absolute Gasteiger partial charge is 0.573 e. The number of nitrogens with zero attached hydrogens (tertiary/aromatic N) is 1. The highest BCUT2D eigenvalue weighted by atomic mass is 35.5. The first kappa shape index (κ1) is 25.9. The van der Waals surface area contributed by atoms with Gasteiger partial charge in [0.2, 0.25) is 5.91 Å². The smallest absolute Gasteiger partial charge is 0.406 e. The molecule has 3 aromatic carbocycles. The molecule has 0 spiro atoms. The van der Waals surface area contributed by atoms with Crippen molar-refractivity contribution in [2.24, 2.45) is 0 Å². The third-order valence-corrected chi connectivity index (χ3v) is 4.86. The number of benzene rings is 3. The van der Waals surface area contributed by atoms with E-state index in [4.69, 9.17) is 11.6 Å². The van der Waals surface area contributed by atoms with Gasteiger partial charge in [0.15, 0.2) is 0 Å². The molecule has 0 atom stereocenters. The van der Waals surface area contributed by atoms with Crippen molar-refractivity contribution in [3.63, 3.8) is 0 Å². The standard InChI is InChI=1S/C23H15ClF6N2O3/c24-17-10-14(6-9-20(17)27)31-21(33)12-32(11-16-18(25)2-1-3-19(16)26)22(34)13-4-7-15(8-5-13)35-23(28,29)30/h1-10H,11-12H2,(H,31,33). The molecule has 184 valence electrons. The Bertz CT molecular complexity index is 1210. The monoisotopic (exact) mass is 516 g/mol. The van der Waals surface area contributed by atoms with Crippen LogP contribution in [0.1, 0.15) is 15.9 Å². The van der Waals surface area contributed by atoms with Gasteiger partial charge in [-0.3, -0.25) is 9.59 Å². The predicted molar refractivity (Wildman–Crippen MR) is 114 cm³/mol. The fourth-order valence-electron chi connectivity index (χ4n) is 3.00. The second-order valence-electron chi connectivity index (χ2n) is 7.11. The van der Waals surface area contributed by atoms with Gasteiger partial charge in [-0.05, 0) is 54.6 Å². The molecular formula is C23H15ClF6N2O3. The van der Waals surface area contributed by atoms with Crippen LogP contribution < -0.4 is 10.1 Å². The molecule has 0 unspecified atom stereocenters. The highest BCUT2D eigenvalue weighted by molar-refractivity contribution is 6.31. The average molecular weight is 517 g/mol. The van der Waals surface area contributed by atoms with Crippen LogP contribution in [0, 0.1) is 17.5 Å². The van der Waals surface area contributed by atoms with Gasteiger partial charge in [-0.25, -0.2) is 13.2 Å². The second-order valence-corrected chi connectivity index (χ2v) is 7.52. The number of alkyl halides is 3. The van der Waals surface area contributed by atoms with Crippen molar-refractivity contribution in [2.45, 2.75) is 12.9 Å². The highest BCUT2D eigenvalue weighted by Crippen LogP contribution is 2.24. The number of ether oxygens (including phenoxy) is 1. The van der Waals surface area contributed by atoms with Crippen molar-refractivity contribution in [1.82, 2.24) is 4.90 Å². The summed E-state index contributed by atoms with van der Waals surface area (Å²) in [6, 6.07) is 10.1. The van der Waals surface area contributed by atoms with Crippen LogP contribution in [0.4, 0.5) is 32.0 Å². The van der Waals surface area contributed by atoms with Gasteiger partial charge >= 0.3 is 6.36 Å². The number of nitrogens with one attached hydrogen (secondary N) is 1. The van der Waals surface area contributed by atoms with E-state index >= 15 is 0 Å². The molecule has 1 N–H and O–H groups in total. The van der Waals surface area contributed by atoms with Gasteiger partial charge in [0.05, 0.1) is 11.6 Å². The van der Waals surface area contributed by atoms with Crippen molar-refractivity contribution in [3.05, 3.63) is 94.3 Å². The highest BCUT2D eigenvalue weighted by Gasteiger charge is 2.31. The lowest BCUT2D eigenvalue weighted by atomic mass is 10.1. The van der Waals surface area contributed by atoms with Crippen molar-refractivity contribution in [2.75, 3.05) is 11.9 Å². The van der Waals surface area contributed by atoms with Crippen LogP contribution in [0.15, 0.2) is 60.7 Å². The summed E-state index contributed by atoms with van der Waals surface area (Å²) in [5.74, 6) is -4.97. The molecule has 5 nitrogen and oxygen atoms in total. The summed E-state index contributed by atoms with van der Waals surface area (Å²) in [7, 11) is 0. The fraction of sp³-hybridized carbons (Fsp3) is 0.130. The van der Waals surface area contributed by atoms with E-state index in [2.05, 4.69) is 10.1 Å². The third kappa shape index (κ3) is 7.12. The molecule has 0 aliphatic heterocycles. The molecule has 2 amide bonds. The van der Waals surface area contributed by atoms with Crippen LogP contribution in [0.25, 0.3) is 0 Å². The lowest BCUT2D eigenvalue weighted by molar-refractivity contribution is -0.274. The molecule has 0 bridgehead atoms. The lowest BCUT2D eigenvalue weighted by Crippen LogP contribution is -2.38. The van der Waals surface area contributed by atoms with Crippen LogP contribution in [-0.4, -0.2) is 29.6 Å². The summed E-state index contributed by atoms with van der Waals surface area (Å²) in [6.07, 6.45) is -4.94. The molecule has 0 fully saturated rings. The van der Waals surface area contributed by atoms with Gasteiger partial charge in [0.1, 0.15) is 29.7 Å². The van der Waals surface area contributed by atoms with Crippen LogP contribution in [0.3, 0.4) is 0 Å². The van der Waals surface area contributed by atoms with E-state index in [0.717, 1.165) is 59.5 Å². The van der Waals surface area contributed by atoms with E-state index in [9.17, 15) is 35.9 Å². The third-order valence-electron chi connectivity index (χ3n) is 4.57. The first-order valence-corrected chi connectivity index (χ1v) is 10.1. The van der Waals surface area contributed by atoms with E-state index in [1.165, 1.54) is 6.07 Å². The first-order valence-electron chi connectivity index (χ1n) is 9.76. The number of hydrogen-bond donors (Lipinski definition) is 1. The Morgan fingerprint density at radius 1 is 0.914 bits per heavy atom. The van der Waals surface area contributed by atoms with Crippen LogP contribution in [0.2, 0.25) is 5.02 Å². The maximum Gasteiger partial charge on any atom is 0.573 e. The Morgan fingerprint density at radius 2 is 1.54 bits per heavy atom. The Morgan fingerprint density at radius 3 is 2.11 bits per heavy atom. The molecule has 3 rings (SSSR count). The predicted octanol–water partition coefficient (Wildman–Crippen LogP) is 5.94. The summed E-state index contributed by atoms with van der Waals surface area (Å²) < 4.78 is 82.6. The number of rotatable bonds is 7. The van der Waals surface area contributed by atoms with Crippen molar-refractivity contribution in [3.8, 4) is 5.75 Å². The summed E-state index contributed by atoms with van der Waals surface area (Å²) in [5.41, 5.74) is -0.580. The molecular weight excluding hydrogens is 502 g/mol. The number of hydrogen-bond acceptors (Lipinski definition) is 3. The van der Waals surface area contributed by atoms with Gasteiger partial charge in [-0.15, -0.1) is 13.2 Å². The van der Waals surface area contributed by atoms with Crippen molar-refractivity contribution >= 4 is 29.1 Å². The van der Waals surface area contributed by atoms with E-state index in [1.54, 1.807) is 0 Å². The minimum Gasteiger partial charge on any atom is -0.406 e. The van der Waals surface area contributed by atoms with Gasteiger partial charge in [-0.2, -0.15) is 0 Å². The fourth-order valence-corrected chi connectivity index (χ4v) is 3.18. The first-order chi connectivity index (χ1) is 16.4. The molecule has 3 aromatic rings. The SMILES string of the molecule is O=C(CN(Cc1c(F)cccc1F)C(=O)c1ccc(OC(F)(F)F)cc1)Nc1ccc(F)c(Cl)c1. The molecule has 35 heavy (non-hydrogen) atoms.